The molecule has 0 aliphatic carbocycles. The number of hydrogen-bond acceptors (Lipinski definition) is 2. The minimum absolute atomic E-state index is 0. The van der Waals surface area contributed by atoms with Gasteiger partial charge in [0.2, 0.25) is 0 Å². The van der Waals surface area contributed by atoms with Crippen molar-refractivity contribution in [2.45, 2.75) is 18.8 Å². The van der Waals surface area contributed by atoms with Gasteiger partial charge in [-0.25, -0.2) is 4.98 Å². The van der Waals surface area contributed by atoms with E-state index < -0.39 is 0 Å². The molecule has 1 aromatic heterocycles. The van der Waals surface area contributed by atoms with E-state index in [1.54, 1.807) is 0 Å². The van der Waals surface area contributed by atoms with E-state index in [-0.39, 0.29) is 20.4 Å². The summed E-state index contributed by atoms with van der Waals surface area (Å²) in [6, 6.07) is 3.96. The van der Waals surface area contributed by atoms with Crippen LogP contribution in [0.5, 0.6) is 0 Å². The van der Waals surface area contributed by atoms with E-state index in [0.717, 1.165) is 25.9 Å². The second kappa shape index (κ2) is 5.45. The smallest absolute Gasteiger partial charge is 0.123 e. The minimum atomic E-state index is 0. The van der Waals surface area contributed by atoms with Crippen LogP contribution >= 0.6 is 0 Å². The minimum Gasteiger partial charge on any atom is -0.662 e. The fourth-order valence-corrected chi connectivity index (χ4v) is 1.74. The van der Waals surface area contributed by atoms with Gasteiger partial charge in [0, 0.05) is 26.6 Å². The van der Waals surface area contributed by atoms with Crippen molar-refractivity contribution in [3.63, 3.8) is 0 Å². The molecule has 1 fully saturated rings. The van der Waals surface area contributed by atoms with E-state index in [1.165, 1.54) is 5.56 Å². The molecule has 0 aromatic carbocycles. The zero-order valence-electron chi connectivity index (χ0n) is 7.99. The monoisotopic (exact) mass is 363 g/mol. The molecule has 0 amide bonds. The summed E-state index contributed by atoms with van der Waals surface area (Å²) in [5, 5.41) is 4.33. The van der Waals surface area contributed by atoms with E-state index in [4.69, 9.17) is 5.73 Å². The molecule has 77 valence electrons. The summed E-state index contributed by atoms with van der Waals surface area (Å²) < 4.78 is 0. The average molecular weight is 362 g/mol. The van der Waals surface area contributed by atoms with Gasteiger partial charge in [-0.2, -0.15) is 0 Å². The Hall–Kier alpha value is -0.428. The van der Waals surface area contributed by atoms with Gasteiger partial charge in [-0.05, 0) is 17.5 Å². The zero-order chi connectivity index (χ0) is 9.10. The normalized spacial score (nSPS) is 17.4. The van der Waals surface area contributed by atoms with Crippen molar-refractivity contribution in [3.8, 4) is 0 Å². The van der Waals surface area contributed by atoms with Crippen LogP contribution < -0.4 is 5.73 Å². The van der Waals surface area contributed by atoms with Gasteiger partial charge < -0.3 is 11.1 Å². The predicted molar refractivity (Wildman–Crippen MR) is 53.7 cm³/mol. The first-order valence-corrected chi connectivity index (χ1v) is 4.71. The summed E-state index contributed by atoms with van der Waals surface area (Å²) in [5.41, 5.74) is 6.84. The third-order valence-corrected chi connectivity index (χ3v) is 2.55. The summed E-state index contributed by atoms with van der Waals surface area (Å²) in [4.78, 5) is 4.10. The largest absolute Gasteiger partial charge is 0.662 e. The van der Waals surface area contributed by atoms with Crippen molar-refractivity contribution in [1.29, 1.82) is 0 Å². The molecule has 1 saturated heterocycles. The van der Waals surface area contributed by atoms with Crippen LogP contribution in [0.2, 0.25) is 0 Å². The molecule has 3 nitrogen and oxygen atoms in total. The Morgan fingerprint density at radius 1 is 1.29 bits per heavy atom. The van der Waals surface area contributed by atoms with Gasteiger partial charge in [0.1, 0.15) is 5.82 Å². The average Bonchev–Trinajstić information content (AvgIpc) is 2.20. The molecule has 0 unspecified atom stereocenters. The first kappa shape index (κ1) is 11.6. The number of piperidine rings is 1. The molecule has 1 aliphatic rings. The number of aromatic nitrogens is 1. The fraction of sp³-hybridized carbons (Fsp3) is 0.500. The molecule has 2 rings (SSSR count). The van der Waals surface area contributed by atoms with E-state index in [2.05, 4.69) is 16.4 Å². The van der Waals surface area contributed by atoms with E-state index >= 15 is 0 Å². The molecule has 1 aromatic rings. The molecule has 0 atom stereocenters. The topological polar surface area (TPSA) is 53.0 Å². The molecule has 2 heterocycles. The van der Waals surface area contributed by atoms with Gasteiger partial charge in [0.05, 0.1) is 0 Å². The number of hydrogen-bond donors (Lipinski definition) is 1. The van der Waals surface area contributed by atoms with Gasteiger partial charge in [-0.3, -0.25) is 0 Å². The molecule has 1 aliphatic heterocycles. The van der Waals surface area contributed by atoms with Gasteiger partial charge in [-0.1, -0.05) is 18.9 Å². The van der Waals surface area contributed by atoms with Crippen molar-refractivity contribution < 1.29 is 20.4 Å². The summed E-state index contributed by atoms with van der Waals surface area (Å²) in [6.07, 6.45) is 4.21. The summed E-state index contributed by atoms with van der Waals surface area (Å²) in [6.45, 7) is 1.99. The van der Waals surface area contributed by atoms with Crippen LogP contribution in [0.3, 0.4) is 0 Å². The number of rotatable bonds is 1. The number of pyridine rings is 1. The first-order chi connectivity index (χ1) is 6.36. The maximum Gasteiger partial charge on any atom is 0.123 e. The van der Waals surface area contributed by atoms with E-state index in [9.17, 15) is 0 Å². The van der Waals surface area contributed by atoms with Crippen molar-refractivity contribution in [3.05, 3.63) is 29.2 Å². The first-order valence-electron chi connectivity index (χ1n) is 4.71. The van der Waals surface area contributed by atoms with Crippen molar-refractivity contribution in [2.75, 3.05) is 18.8 Å². The SMILES string of the molecule is Nc1ccc(C2CC[N-]CC2)cn1.[Re]. The second-order valence-corrected chi connectivity index (χ2v) is 3.46. The molecular weight excluding hydrogens is 348 g/mol. The van der Waals surface area contributed by atoms with Crippen LogP contribution in [0.4, 0.5) is 5.82 Å². The summed E-state index contributed by atoms with van der Waals surface area (Å²) in [7, 11) is 0. The van der Waals surface area contributed by atoms with Crippen LogP contribution in [0.25, 0.3) is 5.32 Å². The molecule has 0 bridgehead atoms. The Balaban J connectivity index is 0.000000980. The molecule has 14 heavy (non-hydrogen) atoms. The standard InChI is InChI=1S/C10H14N3.Re/c11-10-2-1-9(7-13-10)8-3-5-12-6-4-8;/h1-2,7-8H,3-6H2,(H2,11,13);/q-1;. The maximum absolute atomic E-state index is 5.53. The Kier molecular flexibility index (Phi) is 4.54. The molecule has 0 spiro atoms. The van der Waals surface area contributed by atoms with Gasteiger partial charge in [0.15, 0.2) is 0 Å². The molecule has 1 radical (unpaired) electrons. The molecular formula is C10H14N3Re-. The summed E-state index contributed by atoms with van der Waals surface area (Å²) >= 11 is 0. The Labute approximate surface area is 98.1 Å². The number of nitrogen functional groups attached to an aromatic ring is 1. The van der Waals surface area contributed by atoms with Crippen molar-refractivity contribution in [1.82, 2.24) is 4.98 Å². The molecule has 4 heteroatoms. The third kappa shape index (κ3) is 2.78. The van der Waals surface area contributed by atoms with Crippen LogP contribution in [-0.2, 0) is 20.4 Å². The Bertz CT molecular complexity index is 267. The summed E-state index contributed by atoms with van der Waals surface area (Å²) in [5.74, 6) is 1.25. The van der Waals surface area contributed by atoms with Crippen molar-refractivity contribution >= 4 is 5.82 Å². The Morgan fingerprint density at radius 3 is 2.57 bits per heavy atom. The number of anilines is 1. The zero-order valence-corrected chi connectivity index (χ0v) is 10.7. The third-order valence-electron chi connectivity index (χ3n) is 2.55. The van der Waals surface area contributed by atoms with Gasteiger partial charge >= 0.3 is 0 Å². The van der Waals surface area contributed by atoms with Crippen molar-refractivity contribution in [2.24, 2.45) is 0 Å². The Morgan fingerprint density at radius 2 is 2.00 bits per heavy atom. The van der Waals surface area contributed by atoms with Crippen LogP contribution in [0, 0.1) is 0 Å². The van der Waals surface area contributed by atoms with E-state index in [0.29, 0.717) is 11.7 Å². The molecule has 0 saturated carbocycles. The second-order valence-electron chi connectivity index (χ2n) is 3.46. The predicted octanol–water partition coefficient (Wildman–Crippen LogP) is 1.91. The quantitative estimate of drug-likeness (QED) is 0.830. The van der Waals surface area contributed by atoms with Crippen LogP contribution in [0.1, 0.15) is 24.3 Å². The fourth-order valence-electron chi connectivity index (χ4n) is 1.74. The van der Waals surface area contributed by atoms with Gasteiger partial charge in [-0.15, -0.1) is 13.1 Å². The van der Waals surface area contributed by atoms with Crippen LogP contribution in [0.15, 0.2) is 18.3 Å². The molecule has 2 N–H and O–H groups in total. The van der Waals surface area contributed by atoms with Gasteiger partial charge in [0.25, 0.3) is 0 Å². The maximum atomic E-state index is 5.53. The number of nitrogens with two attached hydrogens (primary N) is 1. The number of nitrogens with zero attached hydrogens (tertiary/aromatic N) is 2. The van der Waals surface area contributed by atoms with Crippen LogP contribution in [-0.4, -0.2) is 18.1 Å². The van der Waals surface area contributed by atoms with E-state index in [1.807, 2.05) is 12.3 Å².